The molecule has 3 aromatic rings. The molecule has 0 aromatic heterocycles. The number of anilines is 3. The van der Waals surface area contributed by atoms with Crippen LogP contribution in [-0.4, -0.2) is 27.4 Å². The Kier molecular flexibility index (Phi) is 6.46. The monoisotopic (exact) mass is 449 g/mol. The third kappa shape index (κ3) is 4.94. The van der Waals surface area contributed by atoms with Crippen molar-refractivity contribution in [1.29, 1.82) is 0 Å². The molecular weight excluding hydrogens is 422 g/mol. The molecule has 2 N–H and O–H groups in total. The zero-order chi connectivity index (χ0) is 22.6. The number of amides is 1. The van der Waals surface area contributed by atoms with Crippen LogP contribution in [0.4, 0.5) is 17.1 Å². The second-order valence-corrected chi connectivity index (χ2v) is 9.63. The van der Waals surface area contributed by atoms with Crippen LogP contribution in [0.2, 0.25) is 0 Å². The van der Waals surface area contributed by atoms with Gasteiger partial charge in [0.05, 0.1) is 10.6 Å². The van der Waals surface area contributed by atoms with Gasteiger partial charge in [0.2, 0.25) is 0 Å². The van der Waals surface area contributed by atoms with E-state index in [0.717, 1.165) is 18.8 Å². The molecule has 4 rings (SSSR count). The fourth-order valence-electron chi connectivity index (χ4n) is 3.90. The van der Waals surface area contributed by atoms with Gasteiger partial charge in [0.1, 0.15) is 0 Å². The molecule has 7 heteroatoms. The number of sulfonamides is 1. The predicted octanol–water partition coefficient (Wildman–Crippen LogP) is 5.04. The summed E-state index contributed by atoms with van der Waals surface area (Å²) < 4.78 is 27.9. The average molecular weight is 450 g/mol. The summed E-state index contributed by atoms with van der Waals surface area (Å²) in [5.74, 6) is -0.283. The third-order valence-corrected chi connectivity index (χ3v) is 7.10. The van der Waals surface area contributed by atoms with Crippen molar-refractivity contribution in [2.24, 2.45) is 0 Å². The van der Waals surface area contributed by atoms with Crippen LogP contribution in [0.15, 0.2) is 77.7 Å². The van der Waals surface area contributed by atoms with Crippen LogP contribution in [0.25, 0.3) is 0 Å². The van der Waals surface area contributed by atoms with E-state index in [4.69, 9.17) is 0 Å². The topological polar surface area (TPSA) is 78.5 Å². The molecule has 0 bridgehead atoms. The van der Waals surface area contributed by atoms with Crippen molar-refractivity contribution >= 4 is 33.0 Å². The van der Waals surface area contributed by atoms with Crippen molar-refractivity contribution in [2.45, 2.75) is 31.1 Å². The van der Waals surface area contributed by atoms with Gasteiger partial charge in [-0.05, 0) is 80.3 Å². The minimum Gasteiger partial charge on any atom is -0.372 e. The summed E-state index contributed by atoms with van der Waals surface area (Å²) in [6.07, 6.45) is 3.70. The van der Waals surface area contributed by atoms with E-state index in [1.165, 1.54) is 31.4 Å². The maximum atomic E-state index is 12.9. The summed E-state index contributed by atoms with van der Waals surface area (Å²) in [4.78, 5) is 15.4. The van der Waals surface area contributed by atoms with E-state index in [0.29, 0.717) is 22.5 Å². The van der Waals surface area contributed by atoms with Gasteiger partial charge in [-0.25, -0.2) is 8.42 Å². The predicted molar refractivity (Wildman–Crippen MR) is 129 cm³/mol. The van der Waals surface area contributed by atoms with E-state index in [1.54, 1.807) is 43.3 Å². The number of hydrogen-bond donors (Lipinski definition) is 2. The summed E-state index contributed by atoms with van der Waals surface area (Å²) in [5.41, 5.74) is 3.22. The Morgan fingerprint density at radius 3 is 2.22 bits per heavy atom. The Morgan fingerprint density at radius 2 is 1.53 bits per heavy atom. The first kappa shape index (κ1) is 21.9. The molecule has 1 fully saturated rings. The van der Waals surface area contributed by atoms with Gasteiger partial charge in [-0.15, -0.1) is 0 Å². The van der Waals surface area contributed by atoms with Gasteiger partial charge in [-0.3, -0.25) is 9.52 Å². The minimum absolute atomic E-state index is 0.169. The molecule has 166 valence electrons. The van der Waals surface area contributed by atoms with Crippen molar-refractivity contribution in [1.82, 2.24) is 0 Å². The zero-order valence-corrected chi connectivity index (χ0v) is 18.9. The molecule has 32 heavy (non-hydrogen) atoms. The van der Waals surface area contributed by atoms with E-state index < -0.39 is 10.0 Å². The molecule has 0 aliphatic carbocycles. The van der Waals surface area contributed by atoms with Gasteiger partial charge in [0, 0.05) is 30.0 Å². The Hall–Kier alpha value is -3.32. The number of nitrogens with zero attached hydrogens (tertiary/aromatic N) is 1. The lowest BCUT2D eigenvalue weighted by molar-refractivity contribution is 0.102. The lowest BCUT2D eigenvalue weighted by atomic mass is 10.1. The highest BCUT2D eigenvalue weighted by molar-refractivity contribution is 7.92. The van der Waals surface area contributed by atoms with Crippen molar-refractivity contribution in [3.63, 3.8) is 0 Å². The summed E-state index contributed by atoms with van der Waals surface area (Å²) in [6.45, 7) is 3.87. The van der Waals surface area contributed by atoms with E-state index >= 15 is 0 Å². The molecule has 1 aliphatic rings. The average Bonchev–Trinajstić information content (AvgIpc) is 2.82. The summed E-state index contributed by atoms with van der Waals surface area (Å²) in [7, 11) is -3.74. The van der Waals surface area contributed by atoms with Crippen molar-refractivity contribution in [2.75, 3.05) is 28.0 Å². The largest absolute Gasteiger partial charge is 0.372 e. The fourth-order valence-corrected chi connectivity index (χ4v) is 5.05. The number of carbonyl (C=O) groups is 1. The fraction of sp³-hybridized carbons (Fsp3) is 0.240. The highest BCUT2D eigenvalue weighted by atomic mass is 32.2. The van der Waals surface area contributed by atoms with Crippen molar-refractivity contribution < 1.29 is 13.2 Å². The molecule has 1 heterocycles. The Bertz CT molecular complexity index is 1190. The van der Waals surface area contributed by atoms with Crippen LogP contribution in [-0.2, 0) is 10.0 Å². The van der Waals surface area contributed by atoms with Crippen LogP contribution in [0.3, 0.4) is 0 Å². The number of benzene rings is 3. The minimum atomic E-state index is -3.74. The Balaban J connectivity index is 1.48. The van der Waals surface area contributed by atoms with Gasteiger partial charge >= 0.3 is 0 Å². The van der Waals surface area contributed by atoms with Crippen LogP contribution in [0.5, 0.6) is 0 Å². The highest BCUT2D eigenvalue weighted by Gasteiger charge is 2.18. The van der Waals surface area contributed by atoms with E-state index in [-0.39, 0.29) is 10.8 Å². The SMILES string of the molecule is Cc1c(NS(=O)(=O)c2ccccc2)cccc1C(=O)Nc1ccc(N2CCCCC2)cc1. The molecule has 1 amide bonds. The first-order valence-electron chi connectivity index (χ1n) is 10.8. The van der Waals surface area contributed by atoms with E-state index in [9.17, 15) is 13.2 Å². The molecule has 0 saturated carbocycles. The first-order valence-corrected chi connectivity index (χ1v) is 12.3. The lowest BCUT2D eigenvalue weighted by Crippen LogP contribution is -2.29. The number of carbonyl (C=O) groups excluding carboxylic acids is 1. The molecule has 0 atom stereocenters. The zero-order valence-electron chi connectivity index (χ0n) is 18.0. The molecule has 1 aliphatic heterocycles. The van der Waals surface area contributed by atoms with Crippen LogP contribution < -0.4 is 14.9 Å². The smallest absolute Gasteiger partial charge is 0.261 e. The molecule has 3 aromatic carbocycles. The summed E-state index contributed by atoms with van der Waals surface area (Å²) >= 11 is 0. The molecule has 0 unspecified atom stereocenters. The summed E-state index contributed by atoms with van der Waals surface area (Å²) in [6, 6.07) is 21.0. The maximum absolute atomic E-state index is 12.9. The van der Waals surface area contributed by atoms with Gasteiger partial charge in [-0.2, -0.15) is 0 Å². The number of nitrogens with one attached hydrogen (secondary N) is 2. The van der Waals surface area contributed by atoms with Gasteiger partial charge in [0.25, 0.3) is 15.9 Å². The standard InChI is InChI=1S/C25H27N3O3S/c1-19-23(11-8-12-24(19)27-32(30,31)22-9-4-2-5-10-22)25(29)26-20-13-15-21(16-14-20)28-17-6-3-7-18-28/h2,4-5,8-16,27H,3,6-7,17-18H2,1H3,(H,26,29). The van der Waals surface area contributed by atoms with Crippen molar-refractivity contribution in [3.05, 3.63) is 83.9 Å². The van der Waals surface area contributed by atoms with Gasteiger partial charge < -0.3 is 10.2 Å². The number of hydrogen-bond acceptors (Lipinski definition) is 4. The quantitative estimate of drug-likeness (QED) is 0.553. The Morgan fingerprint density at radius 1 is 0.844 bits per heavy atom. The maximum Gasteiger partial charge on any atom is 0.261 e. The second-order valence-electron chi connectivity index (χ2n) is 7.95. The van der Waals surface area contributed by atoms with Crippen LogP contribution in [0, 0.1) is 6.92 Å². The Labute approximate surface area is 189 Å². The second kappa shape index (κ2) is 9.44. The number of rotatable bonds is 6. The molecular formula is C25H27N3O3S. The summed E-state index contributed by atoms with van der Waals surface area (Å²) in [5, 5.41) is 2.92. The van der Waals surface area contributed by atoms with Crippen molar-refractivity contribution in [3.8, 4) is 0 Å². The highest BCUT2D eigenvalue weighted by Crippen LogP contribution is 2.25. The van der Waals surface area contributed by atoms with E-state index in [2.05, 4.69) is 14.9 Å². The van der Waals surface area contributed by atoms with Gasteiger partial charge in [-0.1, -0.05) is 24.3 Å². The van der Waals surface area contributed by atoms with E-state index in [1.807, 2.05) is 24.3 Å². The van der Waals surface area contributed by atoms with Crippen LogP contribution in [0.1, 0.15) is 35.2 Å². The van der Waals surface area contributed by atoms with Crippen LogP contribution >= 0.6 is 0 Å². The molecule has 0 spiro atoms. The molecule has 1 saturated heterocycles. The molecule has 6 nitrogen and oxygen atoms in total. The third-order valence-electron chi connectivity index (χ3n) is 5.72. The van der Waals surface area contributed by atoms with Gasteiger partial charge in [0.15, 0.2) is 0 Å². The number of piperidine rings is 1. The lowest BCUT2D eigenvalue weighted by Gasteiger charge is -2.28. The first-order chi connectivity index (χ1) is 15.4. The normalized spacial score (nSPS) is 14.1. The molecule has 0 radical (unpaired) electrons.